The van der Waals surface area contributed by atoms with E-state index in [0.717, 1.165) is 5.69 Å². The summed E-state index contributed by atoms with van der Waals surface area (Å²) in [5.74, 6) is 0. The molecule has 114 valence electrons. The fourth-order valence-corrected chi connectivity index (χ4v) is 2.39. The molecule has 0 aliphatic carbocycles. The molecule has 1 aromatic heterocycles. The van der Waals surface area contributed by atoms with Crippen LogP contribution in [-0.4, -0.2) is 15.0 Å². The van der Waals surface area contributed by atoms with Crippen LogP contribution in [0.1, 0.15) is 51.0 Å². The van der Waals surface area contributed by atoms with Crippen LogP contribution >= 0.6 is 0 Å². The Kier molecular flexibility index (Phi) is 6.78. The summed E-state index contributed by atoms with van der Waals surface area (Å²) in [6.45, 7) is 2.91. The summed E-state index contributed by atoms with van der Waals surface area (Å²) < 4.78 is 1.77. The van der Waals surface area contributed by atoms with Crippen molar-refractivity contribution < 1.29 is 0 Å². The van der Waals surface area contributed by atoms with Crippen molar-refractivity contribution in [2.75, 3.05) is 5.32 Å². The normalized spacial score (nSPS) is 10.7. The third kappa shape index (κ3) is 5.98. The van der Waals surface area contributed by atoms with Gasteiger partial charge in [-0.1, -0.05) is 56.4 Å². The molecule has 1 heterocycles. The highest BCUT2D eigenvalue weighted by atomic mass is 15.4. The summed E-state index contributed by atoms with van der Waals surface area (Å²) in [7, 11) is 0. The van der Waals surface area contributed by atoms with Gasteiger partial charge in [-0.25, -0.2) is 4.68 Å². The molecule has 21 heavy (non-hydrogen) atoms. The number of rotatable bonds is 10. The lowest BCUT2D eigenvalue weighted by atomic mass is 10.0. The number of anilines is 1. The topological polar surface area (TPSA) is 42.7 Å². The molecule has 4 nitrogen and oxygen atoms in total. The van der Waals surface area contributed by atoms with Gasteiger partial charge in [0.1, 0.15) is 6.67 Å². The summed E-state index contributed by atoms with van der Waals surface area (Å²) in [5.41, 5.74) is 2.55. The van der Waals surface area contributed by atoms with Gasteiger partial charge in [0, 0.05) is 11.9 Å². The molecule has 0 radical (unpaired) electrons. The van der Waals surface area contributed by atoms with E-state index in [0.29, 0.717) is 6.67 Å². The fraction of sp³-hybridized carbons (Fsp3) is 0.529. The predicted octanol–water partition coefficient (Wildman–Crippen LogP) is 4.25. The van der Waals surface area contributed by atoms with Gasteiger partial charge in [0.15, 0.2) is 0 Å². The number of aryl methyl sites for hydroxylation is 1. The highest BCUT2D eigenvalue weighted by Gasteiger charge is 1.96. The number of nitrogens with zero attached hydrogens (tertiary/aromatic N) is 3. The minimum atomic E-state index is 0.650. The van der Waals surface area contributed by atoms with Crippen LogP contribution in [-0.2, 0) is 13.1 Å². The minimum Gasteiger partial charge on any atom is -0.366 e. The Morgan fingerprint density at radius 3 is 2.48 bits per heavy atom. The summed E-state index contributed by atoms with van der Waals surface area (Å²) in [4.78, 5) is 0. The van der Waals surface area contributed by atoms with E-state index >= 15 is 0 Å². The number of aromatic nitrogens is 3. The van der Waals surface area contributed by atoms with Crippen LogP contribution in [0.25, 0.3) is 0 Å². The first-order chi connectivity index (χ1) is 10.4. The second-order valence-corrected chi connectivity index (χ2v) is 5.49. The van der Waals surface area contributed by atoms with Crippen LogP contribution in [0.3, 0.4) is 0 Å². The molecule has 0 saturated heterocycles. The molecule has 0 aliphatic rings. The van der Waals surface area contributed by atoms with Crippen LogP contribution in [0.2, 0.25) is 0 Å². The first kappa shape index (κ1) is 15.5. The lowest BCUT2D eigenvalue weighted by molar-refractivity contribution is 0.607. The van der Waals surface area contributed by atoms with E-state index in [-0.39, 0.29) is 0 Å². The van der Waals surface area contributed by atoms with E-state index in [2.05, 4.69) is 46.8 Å². The van der Waals surface area contributed by atoms with E-state index in [1.54, 1.807) is 10.9 Å². The van der Waals surface area contributed by atoms with Crippen molar-refractivity contribution in [3.05, 3.63) is 42.2 Å². The Bertz CT molecular complexity index is 476. The van der Waals surface area contributed by atoms with Crippen LogP contribution in [0, 0.1) is 0 Å². The predicted molar refractivity (Wildman–Crippen MR) is 87.2 cm³/mol. The smallest absolute Gasteiger partial charge is 0.111 e. The lowest BCUT2D eigenvalue weighted by Gasteiger charge is -2.07. The summed E-state index contributed by atoms with van der Waals surface area (Å²) in [6.07, 6.45) is 12.9. The molecule has 1 N–H and O–H groups in total. The third-order valence-electron chi connectivity index (χ3n) is 3.69. The van der Waals surface area contributed by atoms with E-state index < -0.39 is 0 Å². The van der Waals surface area contributed by atoms with E-state index in [9.17, 15) is 0 Å². The monoisotopic (exact) mass is 286 g/mol. The standard InChI is InChI=1S/C17H26N4/c1-2-3-4-5-6-7-8-16-9-11-17(12-10-16)18-15-21-14-13-19-20-21/h9-14,18H,2-8,15H2,1H3. The summed E-state index contributed by atoms with van der Waals surface area (Å²) in [5, 5.41) is 11.0. The molecular formula is C17H26N4. The van der Waals surface area contributed by atoms with Gasteiger partial charge >= 0.3 is 0 Å². The zero-order valence-corrected chi connectivity index (χ0v) is 13.0. The highest BCUT2D eigenvalue weighted by Crippen LogP contribution is 2.13. The van der Waals surface area contributed by atoms with Gasteiger partial charge in [0.25, 0.3) is 0 Å². The van der Waals surface area contributed by atoms with Crippen molar-refractivity contribution >= 4 is 5.69 Å². The van der Waals surface area contributed by atoms with Crippen LogP contribution in [0.15, 0.2) is 36.7 Å². The Morgan fingerprint density at radius 2 is 1.76 bits per heavy atom. The van der Waals surface area contributed by atoms with Crippen molar-refractivity contribution in [2.45, 2.75) is 58.5 Å². The highest BCUT2D eigenvalue weighted by molar-refractivity contribution is 5.43. The van der Waals surface area contributed by atoms with Crippen molar-refractivity contribution in [3.8, 4) is 0 Å². The van der Waals surface area contributed by atoms with E-state index in [1.165, 1.54) is 50.5 Å². The van der Waals surface area contributed by atoms with Gasteiger partial charge in [-0.3, -0.25) is 0 Å². The zero-order valence-electron chi connectivity index (χ0n) is 13.0. The Labute approximate surface area is 127 Å². The molecule has 0 amide bonds. The molecular weight excluding hydrogens is 260 g/mol. The molecule has 1 aromatic carbocycles. The van der Waals surface area contributed by atoms with Crippen molar-refractivity contribution in [2.24, 2.45) is 0 Å². The second-order valence-electron chi connectivity index (χ2n) is 5.49. The lowest BCUT2D eigenvalue weighted by Crippen LogP contribution is -2.08. The Hall–Kier alpha value is -1.84. The zero-order chi connectivity index (χ0) is 14.8. The number of unbranched alkanes of at least 4 members (excludes halogenated alkanes) is 5. The average Bonchev–Trinajstić information content (AvgIpc) is 3.03. The van der Waals surface area contributed by atoms with Gasteiger partial charge in [-0.2, -0.15) is 0 Å². The number of benzene rings is 1. The number of hydrogen-bond donors (Lipinski definition) is 1. The molecule has 0 bridgehead atoms. The summed E-state index contributed by atoms with van der Waals surface area (Å²) >= 11 is 0. The third-order valence-corrected chi connectivity index (χ3v) is 3.69. The second kappa shape index (κ2) is 9.16. The number of nitrogens with one attached hydrogen (secondary N) is 1. The molecule has 0 unspecified atom stereocenters. The van der Waals surface area contributed by atoms with E-state index in [4.69, 9.17) is 0 Å². The maximum absolute atomic E-state index is 3.92. The van der Waals surface area contributed by atoms with Crippen LogP contribution in [0.4, 0.5) is 5.69 Å². The molecule has 0 spiro atoms. The average molecular weight is 286 g/mol. The maximum Gasteiger partial charge on any atom is 0.111 e. The van der Waals surface area contributed by atoms with E-state index in [1.807, 2.05) is 6.20 Å². The maximum atomic E-state index is 3.92. The first-order valence-corrected chi connectivity index (χ1v) is 8.05. The minimum absolute atomic E-state index is 0.650. The van der Waals surface area contributed by atoms with Crippen molar-refractivity contribution in [3.63, 3.8) is 0 Å². The van der Waals surface area contributed by atoms with Gasteiger partial charge in [-0.15, -0.1) is 5.10 Å². The van der Waals surface area contributed by atoms with Gasteiger partial charge in [0.05, 0.1) is 6.20 Å². The quantitative estimate of drug-likeness (QED) is 0.664. The van der Waals surface area contributed by atoms with Crippen molar-refractivity contribution in [1.82, 2.24) is 15.0 Å². The van der Waals surface area contributed by atoms with Gasteiger partial charge < -0.3 is 5.32 Å². The molecule has 0 fully saturated rings. The molecule has 0 atom stereocenters. The van der Waals surface area contributed by atoms with Gasteiger partial charge in [-0.05, 0) is 30.5 Å². The Balaban J connectivity index is 1.64. The van der Waals surface area contributed by atoms with Crippen molar-refractivity contribution in [1.29, 1.82) is 0 Å². The molecule has 2 aromatic rings. The Morgan fingerprint density at radius 1 is 1.00 bits per heavy atom. The molecule has 2 rings (SSSR count). The molecule has 0 saturated carbocycles. The fourth-order valence-electron chi connectivity index (χ4n) is 2.39. The molecule has 0 aliphatic heterocycles. The molecule has 4 heteroatoms. The van der Waals surface area contributed by atoms with Gasteiger partial charge in [0.2, 0.25) is 0 Å². The largest absolute Gasteiger partial charge is 0.366 e. The first-order valence-electron chi connectivity index (χ1n) is 8.05. The SMILES string of the molecule is CCCCCCCCc1ccc(NCn2ccnn2)cc1. The number of hydrogen-bond acceptors (Lipinski definition) is 3. The summed E-state index contributed by atoms with van der Waals surface area (Å²) in [6, 6.07) is 8.72. The van der Waals surface area contributed by atoms with Crippen LogP contribution in [0.5, 0.6) is 0 Å². The van der Waals surface area contributed by atoms with Crippen LogP contribution < -0.4 is 5.32 Å².